The summed E-state index contributed by atoms with van der Waals surface area (Å²) in [5.74, 6) is 0.160. The van der Waals surface area contributed by atoms with Gasteiger partial charge >= 0.3 is 0 Å². The first kappa shape index (κ1) is 19.2. The minimum Gasteiger partial charge on any atom is -0.332 e. The molecule has 148 valence electrons. The van der Waals surface area contributed by atoms with Gasteiger partial charge in [0.2, 0.25) is 15.9 Å². The number of hydrogen-bond acceptors (Lipinski definition) is 3. The maximum Gasteiger partial charge on any atom is 0.243 e. The number of β-lactam (4-membered cyclic amide) rings is 1. The van der Waals surface area contributed by atoms with Gasteiger partial charge in [0.25, 0.3) is 0 Å². The highest BCUT2D eigenvalue weighted by Crippen LogP contribution is 2.57. The van der Waals surface area contributed by atoms with Gasteiger partial charge in [-0.2, -0.15) is 4.31 Å². The molecule has 2 fully saturated rings. The summed E-state index contributed by atoms with van der Waals surface area (Å²) >= 11 is 0. The van der Waals surface area contributed by atoms with Crippen LogP contribution in [0.2, 0.25) is 0 Å². The van der Waals surface area contributed by atoms with Crippen molar-refractivity contribution < 1.29 is 13.2 Å². The zero-order valence-corrected chi connectivity index (χ0v) is 17.1. The van der Waals surface area contributed by atoms with Gasteiger partial charge in [-0.1, -0.05) is 48.5 Å². The van der Waals surface area contributed by atoms with Crippen molar-refractivity contribution in [3.63, 3.8) is 0 Å². The van der Waals surface area contributed by atoms with E-state index in [0.717, 1.165) is 5.56 Å². The van der Waals surface area contributed by atoms with Crippen molar-refractivity contribution in [3.8, 4) is 0 Å². The quantitative estimate of drug-likeness (QED) is 0.741. The summed E-state index contributed by atoms with van der Waals surface area (Å²) in [4.78, 5) is 15.4. The van der Waals surface area contributed by atoms with Gasteiger partial charge in [-0.25, -0.2) is 8.42 Å². The molecular weight excluding hydrogens is 372 g/mol. The number of hydrogen-bond donors (Lipinski definition) is 0. The highest BCUT2D eigenvalue weighted by molar-refractivity contribution is 7.89. The number of carbonyl (C=O) groups excluding carboxylic acids is 1. The topological polar surface area (TPSA) is 57.7 Å². The Hall–Kier alpha value is -2.18. The van der Waals surface area contributed by atoms with E-state index < -0.39 is 15.4 Å². The molecule has 4 rings (SSSR count). The monoisotopic (exact) mass is 398 g/mol. The minimum atomic E-state index is -3.52. The van der Waals surface area contributed by atoms with Crippen molar-refractivity contribution in [3.05, 3.63) is 66.2 Å². The fourth-order valence-corrected chi connectivity index (χ4v) is 6.16. The van der Waals surface area contributed by atoms with E-state index >= 15 is 0 Å². The van der Waals surface area contributed by atoms with Crippen LogP contribution in [0.3, 0.4) is 0 Å². The van der Waals surface area contributed by atoms with Crippen LogP contribution in [0.1, 0.15) is 38.3 Å². The van der Waals surface area contributed by atoms with Crippen LogP contribution in [-0.2, 0) is 14.8 Å². The molecule has 6 heteroatoms. The third-order valence-corrected chi connectivity index (χ3v) is 8.04. The lowest BCUT2D eigenvalue weighted by atomic mass is 9.62. The molecule has 0 radical (unpaired) electrons. The van der Waals surface area contributed by atoms with Crippen LogP contribution in [0.15, 0.2) is 65.6 Å². The molecule has 28 heavy (non-hydrogen) atoms. The van der Waals surface area contributed by atoms with E-state index in [1.54, 1.807) is 24.3 Å². The Morgan fingerprint density at radius 2 is 1.46 bits per heavy atom. The van der Waals surface area contributed by atoms with Crippen molar-refractivity contribution >= 4 is 15.9 Å². The highest BCUT2D eigenvalue weighted by atomic mass is 32.2. The fraction of sp³-hybridized carbons (Fsp3) is 0.409. The first-order valence-corrected chi connectivity index (χ1v) is 11.2. The van der Waals surface area contributed by atoms with Crippen LogP contribution in [-0.4, -0.2) is 42.7 Å². The second-order valence-corrected chi connectivity index (χ2v) is 9.93. The van der Waals surface area contributed by atoms with Gasteiger partial charge in [-0.3, -0.25) is 4.79 Å². The maximum absolute atomic E-state index is 13.1. The summed E-state index contributed by atoms with van der Waals surface area (Å²) in [6.07, 6.45) is 1.11. The molecule has 0 saturated carbocycles. The molecule has 0 aromatic heterocycles. The number of piperidine rings is 1. The predicted molar refractivity (Wildman–Crippen MR) is 108 cm³/mol. The Morgan fingerprint density at radius 1 is 0.929 bits per heavy atom. The molecule has 2 heterocycles. The third kappa shape index (κ3) is 2.86. The average molecular weight is 399 g/mol. The molecule has 0 aliphatic carbocycles. The van der Waals surface area contributed by atoms with E-state index in [0.29, 0.717) is 30.8 Å². The van der Waals surface area contributed by atoms with Gasteiger partial charge < -0.3 is 4.90 Å². The van der Waals surface area contributed by atoms with Crippen molar-refractivity contribution in [2.75, 3.05) is 13.1 Å². The zero-order chi connectivity index (χ0) is 19.9. The van der Waals surface area contributed by atoms with E-state index in [2.05, 4.69) is 12.1 Å². The van der Waals surface area contributed by atoms with Crippen LogP contribution in [0.5, 0.6) is 0 Å². The number of benzene rings is 2. The standard InChI is InChI=1S/C22H26N2O3S/c1-17(2)24-20(18-9-5-3-6-10-18)22(21(24)25)13-15-23(16-14-22)28(26,27)19-11-7-4-8-12-19/h3-12,17,20H,13-16H2,1-2H3. The predicted octanol–water partition coefficient (Wildman–Crippen LogP) is 3.45. The van der Waals surface area contributed by atoms with E-state index in [1.165, 1.54) is 4.31 Å². The largest absolute Gasteiger partial charge is 0.332 e. The maximum atomic E-state index is 13.1. The molecule has 2 saturated heterocycles. The Labute approximate surface area is 167 Å². The summed E-state index contributed by atoms with van der Waals surface area (Å²) < 4.78 is 27.4. The summed E-state index contributed by atoms with van der Waals surface area (Å²) in [5.41, 5.74) is 0.643. The van der Waals surface area contributed by atoms with E-state index in [4.69, 9.17) is 0 Å². The summed E-state index contributed by atoms with van der Waals surface area (Å²) in [6.45, 7) is 4.82. The number of carbonyl (C=O) groups is 1. The van der Waals surface area contributed by atoms with Gasteiger partial charge in [0, 0.05) is 19.1 Å². The number of rotatable bonds is 4. The van der Waals surface area contributed by atoms with Crippen molar-refractivity contribution in [2.24, 2.45) is 5.41 Å². The Kier molecular flexibility index (Phi) is 4.79. The molecule has 1 spiro atoms. The van der Waals surface area contributed by atoms with Crippen LogP contribution < -0.4 is 0 Å². The number of nitrogens with zero attached hydrogens (tertiary/aromatic N) is 2. The fourth-order valence-electron chi connectivity index (χ4n) is 4.69. The van der Waals surface area contributed by atoms with Gasteiger partial charge in [-0.05, 0) is 44.4 Å². The van der Waals surface area contributed by atoms with Gasteiger partial charge in [0.15, 0.2) is 0 Å². The average Bonchev–Trinajstić information content (AvgIpc) is 2.72. The lowest BCUT2D eigenvalue weighted by Gasteiger charge is -2.60. The summed E-state index contributed by atoms with van der Waals surface area (Å²) in [7, 11) is -3.52. The van der Waals surface area contributed by atoms with Crippen molar-refractivity contribution in [1.29, 1.82) is 0 Å². The summed E-state index contributed by atoms with van der Waals surface area (Å²) in [6, 6.07) is 18.8. The smallest absolute Gasteiger partial charge is 0.243 e. The third-order valence-electron chi connectivity index (χ3n) is 6.13. The zero-order valence-electron chi connectivity index (χ0n) is 16.3. The van der Waals surface area contributed by atoms with Crippen molar-refractivity contribution in [1.82, 2.24) is 9.21 Å². The molecule has 2 aliphatic heterocycles. The Morgan fingerprint density at radius 3 is 2.00 bits per heavy atom. The van der Waals surface area contributed by atoms with Gasteiger partial charge in [0.05, 0.1) is 16.4 Å². The Balaban J connectivity index is 1.60. The molecule has 1 atom stereocenters. The van der Waals surface area contributed by atoms with Crippen LogP contribution in [0.25, 0.3) is 0 Å². The summed E-state index contributed by atoms with van der Waals surface area (Å²) in [5, 5.41) is 0. The molecule has 0 N–H and O–H groups in total. The van der Waals surface area contributed by atoms with Gasteiger partial charge in [-0.15, -0.1) is 0 Å². The second-order valence-electron chi connectivity index (χ2n) is 7.99. The molecular formula is C22H26N2O3S. The van der Waals surface area contributed by atoms with E-state index in [1.807, 2.05) is 43.0 Å². The SMILES string of the molecule is CC(C)N1C(=O)C2(CCN(S(=O)(=O)c3ccccc3)CC2)C1c1ccccc1. The molecule has 2 aromatic rings. The van der Waals surface area contributed by atoms with Crippen LogP contribution >= 0.6 is 0 Å². The minimum absolute atomic E-state index is 0.0165. The molecule has 2 aliphatic rings. The second kappa shape index (κ2) is 7.01. The van der Waals surface area contributed by atoms with Gasteiger partial charge in [0.1, 0.15) is 0 Å². The first-order chi connectivity index (χ1) is 13.4. The molecule has 2 aromatic carbocycles. The van der Waals surface area contributed by atoms with Crippen LogP contribution in [0.4, 0.5) is 0 Å². The lowest BCUT2D eigenvalue weighted by Crippen LogP contribution is -2.68. The number of likely N-dealkylation sites (tertiary alicyclic amines) is 1. The highest BCUT2D eigenvalue weighted by Gasteiger charge is 2.62. The molecule has 1 unspecified atom stereocenters. The normalized spacial score (nSPS) is 22.5. The lowest BCUT2D eigenvalue weighted by molar-refractivity contribution is -0.183. The van der Waals surface area contributed by atoms with Crippen molar-refractivity contribution in [2.45, 2.75) is 43.7 Å². The number of amides is 1. The van der Waals surface area contributed by atoms with E-state index in [9.17, 15) is 13.2 Å². The molecule has 5 nitrogen and oxygen atoms in total. The molecule has 0 bridgehead atoms. The first-order valence-electron chi connectivity index (χ1n) is 9.81. The van der Waals surface area contributed by atoms with E-state index in [-0.39, 0.29) is 18.0 Å². The number of sulfonamides is 1. The molecule has 1 amide bonds. The Bertz CT molecular complexity index is 950. The van der Waals surface area contributed by atoms with Crippen LogP contribution in [0, 0.1) is 5.41 Å².